The minimum atomic E-state index is -0.708. The van der Waals surface area contributed by atoms with Crippen molar-refractivity contribution in [3.8, 4) is 0 Å². The molecule has 2 radical (unpaired) electrons. The summed E-state index contributed by atoms with van der Waals surface area (Å²) < 4.78 is 0. The molecule has 0 spiro atoms. The molecule has 12 heavy (non-hydrogen) atoms. The van der Waals surface area contributed by atoms with Crippen LogP contribution in [0.3, 0.4) is 0 Å². The average molecular weight is 164 g/mol. The predicted octanol–water partition coefficient (Wildman–Crippen LogP) is -1.46. The lowest BCUT2D eigenvalue weighted by Gasteiger charge is -1.97. The molecule has 0 saturated carbocycles. The summed E-state index contributed by atoms with van der Waals surface area (Å²) in [5.74, 6) is -0.708. The van der Waals surface area contributed by atoms with E-state index in [0.29, 0.717) is 0 Å². The lowest BCUT2D eigenvalue weighted by Crippen LogP contribution is -2.26. The Morgan fingerprint density at radius 2 is 2.50 bits per heavy atom. The summed E-state index contributed by atoms with van der Waals surface area (Å²) in [6.45, 7) is -0.0154. The third-order valence-corrected chi connectivity index (χ3v) is 1.12. The first-order valence-electron chi connectivity index (χ1n) is 3.12. The Morgan fingerprint density at radius 1 is 1.75 bits per heavy atom. The van der Waals surface area contributed by atoms with E-state index in [-0.39, 0.29) is 12.2 Å². The van der Waals surface area contributed by atoms with Gasteiger partial charge in [0.25, 0.3) is 5.56 Å². The molecule has 0 fully saturated rings. The SMILES string of the molecule is [B]C(=O)NCc1nnc[nH]c1=O. The Labute approximate surface area is 68.8 Å². The van der Waals surface area contributed by atoms with Crippen molar-refractivity contribution in [1.29, 1.82) is 0 Å². The number of H-pyrrole nitrogens is 1. The normalized spacial score (nSPS) is 9.33. The zero-order valence-electron chi connectivity index (χ0n) is 6.07. The molecule has 0 aromatic carbocycles. The summed E-state index contributed by atoms with van der Waals surface area (Å²) in [6.07, 6.45) is 1.16. The van der Waals surface area contributed by atoms with Crippen molar-refractivity contribution in [2.45, 2.75) is 6.54 Å². The largest absolute Gasteiger partial charge is 0.360 e. The molecule has 0 bridgehead atoms. The van der Waals surface area contributed by atoms with E-state index in [1.54, 1.807) is 0 Å². The molecule has 1 heterocycles. The number of nitrogens with one attached hydrogen (secondary N) is 2. The topological polar surface area (TPSA) is 87.7 Å². The number of hydrogen-bond acceptors (Lipinski definition) is 4. The van der Waals surface area contributed by atoms with Gasteiger partial charge >= 0.3 is 0 Å². The number of carbonyl (C=O) groups is 1. The van der Waals surface area contributed by atoms with E-state index in [1.165, 1.54) is 0 Å². The van der Waals surface area contributed by atoms with Gasteiger partial charge in [-0.2, -0.15) is 0 Å². The molecule has 1 rings (SSSR count). The van der Waals surface area contributed by atoms with E-state index in [2.05, 4.69) is 20.5 Å². The highest BCUT2D eigenvalue weighted by Gasteiger charge is 2.00. The van der Waals surface area contributed by atoms with Crippen LogP contribution in [0.4, 0.5) is 4.79 Å². The monoisotopic (exact) mass is 164 g/mol. The fourth-order valence-electron chi connectivity index (χ4n) is 0.601. The fourth-order valence-corrected chi connectivity index (χ4v) is 0.601. The first-order chi connectivity index (χ1) is 5.70. The van der Waals surface area contributed by atoms with Crippen molar-refractivity contribution < 1.29 is 4.79 Å². The molecule has 0 aliphatic carbocycles. The van der Waals surface area contributed by atoms with Crippen molar-refractivity contribution in [3.05, 3.63) is 22.4 Å². The van der Waals surface area contributed by atoms with E-state index >= 15 is 0 Å². The van der Waals surface area contributed by atoms with Gasteiger partial charge in [-0.15, -0.1) is 10.2 Å². The van der Waals surface area contributed by atoms with Gasteiger partial charge in [-0.25, -0.2) is 0 Å². The summed E-state index contributed by atoms with van der Waals surface area (Å²) >= 11 is 0. The lowest BCUT2D eigenvalue weighted by molar-refractivity contribution is 0.259. The Hall–Kier alpha value is -1.66. The number of amides is 1. The predicted molar refractivity (Wildman–Crippen MR) is 40.6 cm³/mol. The second-order valence-electron chi connectivity index (χ2n) is 1.98. The molecule has 1 aromatic rings. The lowest BCUT2D eigenvalue weighted by atomic mass is 10.1. The molecule has 2 N–H and O–H groups in total. The van der Waals surface area contributed by atoms with Gasteiger partial charge in [0.2, 0.25) is 7.85 Å². The summed E-state index contributed by atoms with van der Waals surface area (Å²) in [7, 11) is 4.78. The first-order valence-corrected chi connectivity index (χ1v) is 3.12. The van der Waals surface area contributed by atoms with Crippen LogP contribution >= 0.6 is 0 Å². The van der Waals surface area contributed by atoms with Crippen molar-refractivity contribution >= 4 is 13.7 Å². The molecule has 0 aliphatic heterocycles. The molecule has 60 valence electrons. The summed E-state index contributed by atoms with van der Waals surface area (Å²) in [5.41, 5.74) is -0.268. The van der Waals surface area contributed by atoms with Crippen LogP contribution < -0.4 is 10.9 Å². The quantitative estimate of drug-likeness (QED) is 0.523. The molecule has 0 saturated heterocycles. The van der Waals surface area contributed by atoms with E-state index in [9.17, 15) is 9.59 Å². The maximum Gasteiger partial charge on any atom is 0.274 e. The molecule has 6 nitrogen and oxygen atoms in total. The molecule has 1 aromatic heterocycles. The Kier molecular flexibility index (Phi) is 2.57. The van der Waals surface area contributed by atoms with E-state index in [0.717, 1.165) is 6.33 Å². The van der Waals surface area contributed by atoms with Crippen LogP contribution in [0.5, 0.6) is 0 Å². The van der Waals surface area contributed by atoms with E-state index < -0.39 is 11.4 Å². The van der Waals surface area contributed by atoms with Crippen LogP contribution in [0.25, 0.3) is 0 Å². The first kappa shape index (κ1) is 8.44. The van der Waals surface area contributed by atoms with Crippen LogP contribution in [0, 0.1) is 0 Å². The molecular formula is C5H5BN4O2. The minimum Gasteiger partial charge on any atom is -0.360 e. The molecule has 1 amide bonds. The summed E-state index contributed by atoms with van der Waals surface area (Å²) in [4.78, 5) is 23.4. The number of hydrogen-bond donors (Lipinski definition) is 2. The molecular weight excluding hydrogens is 159 g/mol. The maximum absolute atomic E-state index is 10.9. The van der Waals surface area contributed by atoms with Gasteiger partial charge < -0.3 is 10.3 Å². The van der Waals surface area contributed by atoms with Gasteiger partial charge in [0.1, 0.15) is 12.0 Å². The van der Waals surface area contributed by atoms with E-state index in [1.807, 2.05) is 0 Å². The van der Waals surface area contributed by atoms with Crippen molar-refractivity contribution in [1.82, 2.24) is 20.5 Å². The van der Waals surface area contributed by atoms with E-state index in [4.69, 9.17) is 7.85 Å². The number of nitrogens with zero attached hydrogens (tertiary/aromatic N) is 2. The Morgan fingerprint density at radius 3 is 3.08 bits per heavy atom. The highest BCUT2D eigenvalue weighted by atomic mass is 16.1. The zero-order chi connectivity index (χ0) is 8.97. The number of aromatic amines is 1. The second-order valence-corrected chi connectivity index (χ2v) is 1.98. The molecule has 7 heteroatoms. The Bertz CT molecular complexity index is 336. The third kappa shape index (κ3) is 2.19. The smallest absolute Gasteiger partial charge is 0.274 e. The van der Waals surface area contributed by atoms with Crippen molar-refractivity contribution in [3.63, 3.8) is 0 Å². The highest BCUT2D eigenvalue weighted by molar-refractivity contribution is 6.57. The maximum atomic E-state index is 10.9. The molecule has 0 aliphatic rings. The Balaban J connectivity index is 2.70. The third-order valence-electron chi connectivity index (χ3n) is 1.12. The van der Waals surface area contributed by atoms with Crippen LogP contribution in [0.15, 0.2) is 11.1 Å². The van der Waals surface area contributed by atoms with Gasteiger partial charge in [0, 0.05) is 0 Å². The summed E-state index contributed by atoms with van der Waals surface area (Å²) in [5, 5.41) is 9.13. The number of rotatable bonds is 2. The number of carbonyl (C=O) groups excluding carboxylic acids is 1. The molecule has 0 atom stereocenters. The molecule has 0 unspecified atom stereocenters. The van der Waals surface area contributed by atoms with Crippen LogP contribution in [-0.4, -0.2) is 28.8 Å². The van der Waals surface area contributed by atoms with Gasteiger partial charge in [-0.3, -0.25) is 9.59 Å². The number of aromatic nitrogens is 3. The minimum absolute atomic E-state index is 0.0154. The average Bonchev–Trinajstić information content (AvgIpc) is 2.03. The zero-order valence-corrected chi connectivity index (χ0v) is 6.07. The van der Waals surface area contributed by atoms with Crippen LogP contribution in [0.2, 0.25) is 0 Å². The van der Waals surface area contributed by atoms with Gasteiger partial charge in [0.15, 0.2) is 5.81 Å². The van der Waals surface area contributed by atoms with Crippen LogP contribution in [0.1, 0.15) is 5.69 Å². The standard InChI is InChI=1S/C5H5BN4O2/c6-5(12)7-1-3-4(11)8-2-9-10-3/h2H,1H2,(H,7,12)(H,8,9,11). The van der Waals surface area contributed by atoms with Gasteiger partial charge in [-0.1, -0.05) is 0 Å². The van der Waals surface area contributed by atoms with Gasteiger partial charge in [0.05, 0.1) is 6.54 Å². The van der Waals surface area contributed by atoms with Crippen molar-refractivity contribution in [2.24, 2.45) is 0 Å². The highest BCUT2D eigenvalue weighted by Crippen LogP contribution is 1.78. The van der Waals surface area contributed by atoms with Crippen LogP contribution in [-0.2, 0) is 6.54 Å². The van der Waals surface area contributed by atoms with Gasteiger partial charge in [-0.05, 0) is 0 Å². The fraction of sp³-hybridized carbons (Fsp3) is 0.200. The second kappa shape index (κ2) is 3.65. The summed E-state index contributed by atoms with van der Waals surface area (Å²) in [6, 6.07) is 0. The van der Waals surface area contributed by atoms with Crippen molar-refractivity contribution in [2.75, 3.05) is 0 Å².